The molecule has 0 aliphatic heterocycles. The molecule has 28 heavy (non-hydrogen) atoms. The van der Waals surface area contributed by atoms with Crippen molar-refractivity contribution in [2.24, 2.45) is 0 Å². The molecule has 4 rings (SSSR count). The first-order chi connectivity index (χ1) is 13.8. The zero-order valence-electron chi connectivity index (χ0n) is 16.0. The summed E-state index contributed by atoms with van der Waals surface area (Å²) in [6.07, 6.45) is 0. The van der Waals surface area contributed by atoms with E-state index < -0.39 is 8.07 Å². The molecule has 0 heterocycles. The van der Waals surface area contributed by atoms with Crippen LogP contribution in [-0.4, -0.2) is 8.07 Å². The van der Waals surface area contributed by atoms with Gasteiger partial charge in [-0.1, -0.05) is 115 Å². The van der Waals surface area contributed by atoms with Gasteiger partial charge in [0.1, 0.15) is 0 Å². The van der Waals surface area contributed by atoms with Gasteiger partial charge in [-0.3, -0.25) is 0 Å². The molecule has 0 unspecified atom stereocenters. The van der Waals surface area contributed by atoms with E-state index >= 15 is 0 Å². The molecule has 0 spiro atoms. The predicted octanol–water partition coefficient (Wildman–Crippen LogP) is 4.06. The molecule has 134 valence electrons. The van der Waals surface area contributed by atoms with Crippen LogP contribution in [0.3, 0.4) is 0 Å². The fourth-order valence-corrected chi connectivity index (χ4v) is 7.43. The molecule has 0 atom stereocenters. The molecule has 0 amide bonds. The maximum absolute atomic E-state index is 3.81. The predicted molar refractivity (Wildman–Crippen MR) is 122 cm³/mol. The molecular weight excluding hydrogens is 352 g/mol. The van der Waals surface area contributed by atoms with Crippen LogP contribution < -0.4 is 15.6 Å². The van der Waals surface area contributed by atoms with E-state index in [9.17, 15) is 0 Å². The van der Waals surface area contributed by atoms with E-state index in [1.807, 2.05) is 0 Å². The molecule has 0 aromatic heterocycles. The maximum atomic E-state index is 3.81. The number of aryl methyl sites for hydroxylation is 1. The standard InChI is InChI=1S/C27H22Si/c1-23-17-19-24(20-18-23)21-22-28(25-11-5-2-6-12-25,26-13-7-3-8-14-26)27-15-9-4-10-16-27/h2-20H,1H3. The minimum Gasteiger partial charge on any atom is -0.109 e. The van der Waals surface area contributed by atoms with Gasteiger partial charge in [0.05, 0.1) is 0 Å². The van der Waals surface area contributed by atoms with Crippen molar-refractivity contribution in [2.45, 2.75) is 6.92 Å². The number of benzene rings is 4. The van der Waals surface area contributed by atoms with Crippen LogP contribution in [-0.2, 0) is 0 Å². The second kappa shape index (κ2) is 8.13. The Morgan fingerprint density at radius 3 is 1.29 bits per heavy atom. The highest BCUT2D eigenvalue weighted by atomic mass is 28.3. The Hall–Kier alpha value is -3.34. The summed E-state index contributed by atoms with van der Waals surface area (Å²) in [5, 5.41) is 3.94. The lowest BCUT2D eigenvalue weighted by atomic mass is 10.2. The summed E-state index contributed by atoms with van der Waals surface area (Å²) < 4.78 is 0. The van der Waals surface area contributed by atoms with Crippen LogP contribution in [0.15, 0.2) is 115 Å². The molecule has 0 N–H and O–H groups in total. The van der Waals surface area contributed by atoms with Crippen molar-refractivity contribution in [2.75, 3.05) is 0 Å². The fourth-order valence-electron chi connectivity index (χ4n) is 3.58. The lowest BCUT2D eigenvalue weighted by molar-refractivity contribution is 1.46. The third-order valence-electron chi connectivity index (χ3n) is 5.07. The Balaban J connectivity index is 2.00. The Morgan fingerprint density at radius 2 is 0.893 bits per heavy atom. The van der Waals surface area contributed by atoms with E-state index in [1.165, 1.54) is 21.1 Å². The third-order valence-corrected chi connectivity index (χ3v) is 9.16. The molecule has 0 bridgehead atoms. The van der Waals surface area contributed by atoms with Crippen LogP contribution >= 0.6 is 0 Å². The molecule has 4 aromatic rings. The van der Waals surface area contributed by atoms with Gasteiger partial charge in [-0.05, 0) is 34.6 Å². The molecule has 0 nitrogen and oxygen atoms in total. The van der Waals surface area contributed by atoms with Gasteiger partial charge in [-0.15, -0.1) is 5.54 Å². The van der Waals surface area contributed by atoms with Gasteiger partial charge in [-0.25, -0.2) is 0 Å². The molecule has 0 saturated carbocycles. The summed E-state index contributed by atoms with van der Waals surface area (Å²) in [5.41, 5.74) is 6.12. The van der Waals surface area contributed by atoms with Gasteiger partial charge in [0.2, 0.25) is 8.07 Å². The lowest BCUT2D eigenvalue weighted by Gasteiger charge is -2.28. The van der Waals surface area contributed by atoms with Gasteiger partial charge in [0.15, 0.2) is 0 Å². The van der Waals surface area contributed by atoms with E-state index in [2.05, 4.69) is 134 Å². The van der Waals surface area contributed by atoms with Crippen molar-refractivity contribution in [3.8, 4) is 11.5 Å². The third kappa shape index (κ3) is 3.56. The van der Waals surface area contributed by atoms with E-state index in [0.717, 1.165) is 5.56 Å². The average Bonchev–Trinajstić information content (AvgIpc) is 2.78. The number of hydrogen-bond donors (Lipinski definition) is 0. The smallest absolute Gasteiger partial charge is 0.109 e. The normalized spacial score (nSPS) is 10.8. The van der Waals surface area contributed by atoms with Crippen LogP contribution in [0.25, 0.3) is 0 Å². The minimum atomic E-state index is -2.48. The highest BCUT2D eigenvalue weighted by molar-refractivity contribution is 7.16. The minimum absolute atomic E-state index is 1.06. The molecule has 4 aromatic carbocycles. The van der Waals surface area contributed by atoms with Crippen molar-refractivity contribution in [1.82, 2.24) is 0 Å². The average molecular weight is 375 g/mol. The first-order valence-corrected chi connectivity index (χ1v) is 11.6. The Bertz CT molecular complexity index is 990. The Kier molecular flexibility index (Phi) is 5.24. The second-order valence-electron chi connectivity index (χ2n) is 6.96. The molecule has 0 fully saturated rings. The van der Waals surface area contributed by atoms with Gasteiger partial charge in [0.25, 0.3) is 0 Å². The summed E-state index contributed by atoms with van der Waals surface area (Å²) >= 11 is 0. The van der Waals surface area contributed by atoms with Crippen LogP contribution in [0.4, 0.5) is 0 Å². The van der Waals surface area contributed by atoms with Crippen molar-refractivity contribution >= 4 is 23.6 Å². The van der Waals surface area contributed by atoms with Crippen molar-refractivity contribution < 1.29 is 0 Å². The van der Waals surface area contributed by atoms with Crippen molar-refractivity contribution in [1.29, 1.82) is 0 Å². The van der Waals surface area contributed by atoms with Gasteiger partial charge in [0, 0.05) is 5.56 Å². The Labute approximate surface area is 168 Å². The number of hydrogen-bond acceptors (Lipinski definition) is 0. The SMILES string of the molecule is Cc1ccc(C#C[Si](c2ccccc2)(c2ccccc2)c2ccccc2)cc1. The maximum Gasteiger partial charge on any atom is 0.230 e. The highest BCUT2D eigenvalue weighted by Gasteiger charge is 2.38. The lowest BCUT2D eigenvalue weighted by Crippen LogP contribution is -2.66. The fraction of sp³-hybridized carbons (Fsp3) is 0.0370. The topological polar surface area (TPSA) is 0 Å². The summed E-state index contributed by atoms with van der Waals surface area (Å²) in [5.74, 6) is 3.52. The van der Waals surface area contributed by atoms with E-state index in [0.29, 0.717) is 0 Å². The van der Waals surface area contributed by atoms with Crippen molar-refractivity contribution in [3.05, 3.63) is 126 Å². The van der Waals surface area contributed by atoms with Gasteiger partial charge >= 0.3 is 0 Å². The van der Waals surface area contributed by atoms with E-state index in [-0.39, 0.29) is 0 Å². The monoisotopic (exact) mass is 374 g/mol. The summed E-state index contributed by atoms with van der Waals surface area (Å²) in [6.45, 7) is 2.11. The summed E-state index contributed by atoms with van der Waals surface area (Å²) in [6, 6.07) is 40.8. The Morgan fingerprint density at radius 1 is 0.500 bits per heavy atom. The van der Waals surface area contributed by atoms with Crippen LogP contribution in [0.1, 0.15) is 11.1 Å². The summed E-state index contributed by atoms with van der Waals surface area (Å²) in [7, 11) is -2.48. The zero-order valence-corrected chi connectivity index (χ0v) is 17.0. The van der Waals surface area contributed by atoms with Gasteiger partial charge < -0.3 is 0 Å². The second-order valence-corrected chi connectivity index (χ2v) is 10.4. The number of rotatable bonds is 3. The van der Waals surface area contributed by atoms with Crippen LogP contribution in [0.2, 0.25) is 0 Å². The quantitative estimate of drug-likeness (QED) is 0.288. The van der Waals surface area contributed by atoms with Crippen LogP contribution in [0.5, 0.6) is 0 Å². The van der Waals surface area contributed by atoms with Crippen molar-refractivity contribution in [3.63, 3.8) is 0 Å². The first-order valence-electron chi connectivity index (χ1n) is 9.55. The largest absolute Gasteiger partial charge is 0.230 e. The molecule has 0 aliphatic carbocycles. The molecule has 1 heteroatoms. The highest BCUT2D eigenvalue weighted by Crippen LogP contribution is 2.08. The van der Waals surface area contributed by atoms with Gasteiger partial charge in [-0.2, -0.15) is 0 Å². The molecule has 0 radical (unpaired) electrons. The molecular formula is C27H22Si. The van der Waals surface area contributed by atoms with Crippen LogP contribution in [0, 0.1) is 18.4 Å². The summed E-state index contributed by atoms with van der Waals surface area (Å²) in [4.78, 5) is 0. The first kappa shape index (κ1) is 18.0. The van der Waals surface area contributed by atoms with E-state index in [1.54, 1.807) is 0 Å². The molecule has 0 aliphatic rings. The molecule has 0 saturated heterocycles. The van der Waals surface area contributed by atoms with E-state index in [4.69, 9.17) is 0 Å². The zero-order chi connectivity index (χ0) is 19.2.